The SMILES string of the molecule is COc1cc(/C=C/C(=O)OC2CC3C(O)C(OC(=O)/C=C/c4cc(OC)c(OC)c(OC)c4)C(C2)N3C)cc(OC)c1OC. The lowest BCUT2D eigenvalue weighted by molar-refractivity contribution is -0.151. The Balaban J connectivity index is 1.39. The van der Waals surface area contributed by atoms with E-state index in [1.807, 2.05) is 11.9 Å². The molecule has 5 atom stereocenters. The maximum atomic E-state index is 12.8. The number of likely N-dealkylation sites (N-methyl/N-ethyl adjacent to an activating group) is 1. The van der Waals surface area contributed by atoms with E-state index >= 15 is 0 Å². The Kier molecular flexibility index (Phi) is 10.6. The third-order valence-electron chi connectivity index (χ3n) is 7.90. The third-order valence-corrected chi connectivity index (χ3v) is 7.90. The first-order chi connectivity index (χ1) is 21.2. The predicted octanol–water partition coefficient (Wildman–Crippen LogP) is 3.13. The van der Waals surface area contributed by atoms with E-state index < -0.39 is 30.3 Å². The van der Waals surface area contributed by atoms with Crippen LogP contribution in [0, 0.1) is 0 Å². The first-order valence-electron chi connectivity index (χ1n) is 13.9. The van der Waals surface area contributed by atoms with Crippen molar-refractivity contribution in [2.45, 2.75) is 43.2 Å². The number of carbonyl (C=O) groups excluding carboxylic acids is 2. The molecule has 12 heteroatoms. The summed E-state index contributed by atoms with van der Waals surface area (Å²) in [6, 6.07) is 6.15. The fourth-order valence-electron chi connectivity index (χ4n) is 5.75. The summed E-state index contributed by atoms with van der Waals surface area (Å²) >= 11 is 0. The quantitative estimate of drug-likeness (QED) is 0.279. The number of benzene rings is 2. The number of hydrogen-bond acceptors (Lipinski definition) is 12. The standard InChI is InChI=1S/C32H39NO11/c1-33-21-16-20(43-27(34)10-8-18-12-23(37-2)31(41-6)24(13-18)38-3)17-22(33)30(29(21)36)44-28(35)11-9-19-14-25(39-4)32(42-7)26(15-19)40-5/h8-15,20-22,29-30,36H,16-17H2,1-7H3/b10-8+,11-9+. The number of piperidine rings is 1. The van der Waals surface area contributed by atoms with Gasteiger partial charge < -0.3 is 43.0 Å². The Labute approximate surface area is 256 Å². The van der Waals surface area contributed by atoms with Crippen LogP contribution in [0.3, 0.4) is 0 Å². The van der Waals surface area contributed by atoms with Crippen molar-refractivity contribution in [3.05, 3.63) is 47.5 Å². The van der Waals surface area contributed by atoms with Gasteiger partial charge in [0.05, 0.1) is 48.7 Å². The molecule has 2 aromatic rings. The Hall–Kier alpha value is -4.42. The molecule has 2 heterocycles. The van der Waals surface area contributed by atoms with Gasteiger partial charge in [-0.15, -0.1) is 0 Å². The average molecular weight is 614 g/mol. The highest BCUT2D eigenvalue weighted by atomic mass is 16.6. The first kappa shape index (κ1) is 32.5. The molecule has 0 radical (unpaired) electrons. The highest BCUT2D eigenvalue weighted by Gasteiger charge is 2.53. The number of methoxy groups -OCH3 is 6. The molecule has 2 fully saturated rings. The van der Waals surface area contributed by atoms with Crippen molar-refractivity contribution in [3.8, 4) is 34.5 Å². The van der Waals surface area contributed by atoms with Gasteiger partial charge in [-0.2, -0.15) is 0 Å². The second kappa shape index (κ2) is 14.4. The topological polar surface area (TPSA) is 131 Å². The summed E-state index contributed by atoms with van der Waals surface area (Å²) in [7, 11) is 10.9. The minimum absolute atomic E-state index is 0.334. The van der Waals surface area contributed by atoms with Crippen LogP contribution in [0.1, 0.15) is 24.0 Å². The summed E-state index contributed by atoms with van der Waals surface area (Å²) in [4.78, 5) is 27.5. The van der Waals surface area contributed by atoms with Gasteiger partial charge in [-0.3, -0.25) is 4.90 Å². The van der Waals surface area contributed by atoms with E-state index in [1.165, 1.54) is 54.8 Å². The number of carbonyl (C=O) groups is 2. The van der Waals surface area contributed by atoms with Crippen LogP contribution in [-0.4, -0.2) is 102 Å². The van der Waals surface area contributed by atoms with Crippen LogP contribution in [0.4, 0.5) is 0 Å². The molecule has 4 rings (SSSR count). The molecule has 0 aromatic heterocycles. The number of fused-ring (bicyclic) bond motifs is 2. The molecule has 238 valence electrons. The minimum Gasteiger partial charge on any atom is -0.493 e. The second-order valence-electron chi connectivity index (χ2n) is 10.3. The zero-order valence-electron chi connectivity index (χ0n) is 25.9. The van der Waals surface area contributed by atoms with Crippen LogP contribution in [0.25, 0.3) is 12.2 Å². The van der Waals surface area contributed by atoms with E-state index in [-0.39, 0.29) is 12.1 Å². The van der Waals surface area contributed by atoms with Crippen molar-refractivity contribution >= 4 is 24.1 Å². The number of esters is 2. The summed E-state index contributed by atoms with van der Waals surface area (Å²) in [6.45, 7) is 0. The summed E-state index contributed by atoms with van der Waals surface area (Å²) < 4.78 is 43.6. The van der Waals surface area contributed by atoms with Crippen molar-refractivity contribution in [1.29, 1.82) is 0 Å². The number of ether oxygens (including phenoxy) is 8. The molecule has 5 unspecified atom stereocenters. The molecule has 12 nitrogen and oxygen atoms in total. The fourth-order valence-corrected chi connectivity index (χ4v) is 5.75. The minimum atomic E-state index is -0.943. The molecule has 2 aromatic carbocycles. The van der Waals surface area contributed by atoms with Gasteiger partial charge in [0, 0.05) is 31.0 Å². The van der Waals surface area contributed by atoms with Crippen molar-refractivity contribution in [1.82, 2.24) is 4.90 Å². The van der Waals surface area contributed by atoms with Gasteiger partial charge in [0.2, 0.25) is 11.5 Å². The number of rotatable bonds is 12. The van der Waals surface area contributed by atoms with Crippen LogP contribution < -0.4 is 28.4 Å². The molecule has 2 bridgehead atoms. The van der Waals surface area contributed by atoms with Gasteiger partial charge in [-0.25, -0.2) is 9.59 Å². The van der Waals surface area contributed by atoms with Crippen LogP contribution in [0.15, 0.2) is 36.4 Å². The molecule has 2 aliphatic rings. The lowest BCUT2D eigenvalue weighted by Crippen LogP contribution is -2.46. The summed E-state index contributed by atoms with van der Waals surface area (Å²) in [5, 5.41) is 11.0. The lowest BCUT2D eigenvalue weighted by atomic mass is 10.00. The second-order valence-corrected chi connectivity index (χ2v) is 10.3. The molecular weight excluding hydrogens is 574 g/mol. The summed E-state index contributed by atoms with van der Waals surface area (Å²) in [6.07, 6.45) is 4.35. The summed E-state index contributed by atoms with van der Waals surface area (Å²) in [5.41, 5.74) is 1.28. The average Bonchev–Trinajstić information content (AvgIpc) is 3.15. The van der Waals surface area contributed by atoms with Crippen LogP contribution in [-0.2, 0) is 19.1 Å². The van der Waals surface area contributed by atoms with Crippen molar-refractivity contribution in [3.63, 3.8) is 0 Å². The lowest BCUT2D eigenvalue weighted by Gasteiger charge is -2.35. The molecule has 1 N–H and O–H groups in total. The largest absolute Gasteiger partial charge is 0.493 e. The molecule has 0 spiro atoms. The highest BCUT2D eigenvalue weighted by Crippen LogP contribution is 2.40. The van der Waals surface area contributed by atoms with E-state index in [1.54, 1.807) is 36.4 Å². The molecule has 0 aliphatic carbocycles. The third kappa shape index (κ3) is 6.87. The molecule has 44 heavy (non-hydrogen) atoms. The predicted molar refractivity (Wildman–Crippen MR) is 161 cm³/mol. The van der Waals surface area contributed by atoms with E-state index in [0.717, 1.165) is 0 Å². The van der Waals surface area contributed by atoms with Crippen molar-refractivity contribution in [2.75, 3.05) is 49.7 Å². The molecule has 2 aliphatic heterocycles. The normalized spacial score (nSPS) is 23.0. The Morgan fingerprint density at radius 2 is 1.09 bits per heavy atom. The molecule has 2 saturated heterocycles. The van der Waals surface area contributed by atoms with Gasteiger partial charge in [0.25, 0.3) is 0 Å². The zero-order valence-corrected chi connectivity index (χ0v) is 25.9. The molecular formula is C32H39NO11. The van der Waals surface area contributed by atoms with E-state index in [2.05, 4.69) is 0 Å². The smallest absolute Gasteiger partial charge is 0.331 e. The van der Waals surface area contributed by atoms with Gasteiger partial charge in [0.1, 0.15) is 18.3 Å². The van der Waals surface area contributed by atoms with Crippen LogP contribution in [0.5, 0.6) is 34.5 Å². The number of aliphatic hydroxyl groups is 1. The maximum absolute atomic E-state index is 12.8. The highest BCUT2D eigenvalue weighted by molar-refractivity contribution is 5.88. The molecule has 0 amide bonds. The summed E-state index contributed by atoms with van der Waals surface area (Å²) in [5.74, 6) is 1.53. The van der Waals surface area contributed by atoms with Gasteiger partial charge in [-0.1, -0.05) is 0 Å². The number of nitrogens with zero attached hydrogens (tertiary/aromatic N) is 1. The van der Waals surface area contributed by atoms with E-state index in [0.29, 0.717) is 58.5 Å². The van der Waals surface area contributed by atoms with Crippen LogP contribution >= 0.6 is 0 Å². The van der Waals surface area contributed by atoms with Crippen LogP contribution in [0.2, 0.25) is 0 Å². The fraction of sp³-hybridized carbons (Fsp3) is 0.438. The number of hydrogen-bond donors (Lipinski definition) is 1. The van der Waals surface area contributed by atoms with Gasteiger partial charge >= 0.3 is 11.9 Å². The zero-order chi connectivity index (χ0) is 32.0. The van der Waals surface area contributed by atoms with Gasteiger partial charge in [-0.05, 0) is 54.6 Å². The first-order valence-corrected chi connectivity index (χ1v) is 13.9. The van der Waals surface area contributed by atoms with E-state index in [4.69, 9.17) is 37.9 Å². The maximum Gasteiger partial charge on any atom is 0.331 e. The molecule has 0 saturated carbocycles. The van der Waals surface area contributed by atoms with E-state index in [9.17, 15) is 14.7 Å². The Bertz CT molecular complexity index is 1350. The van der Waals surface area contributed by atoms with Crippen molar-refractivity contribution in [2.24, 2.45) is 0 Å². The number of aliphatic hydroxyl groups excluding tert-OH is 1. The van der Waals surface area contributed by atoms with Crippen molar-refractivity contribution < 1.29 is 52.6 Å². The monoisotopic (exact) mass is 613 g/mol. The van der Waals surface area contributed by atoms with Gasteiger partial charge in [0.15, 0.2) is 23.0 Å². The Morgan fingerprint density at radius 3 is 1.50 bits per heavy atom. The Morgan fingerprint density at radius 1 is 0.682 bits per heavy atom.